The lowest BCUT2D eigenvalue weighted by Gasteiger charge is -2.63. The van der Waals surface area contributed by atoms with Crippen LogP contribution in [0.4, 0.5) is 0 Å². The van der Waals surface area contributed by atoms with E-state index in [9.17, 15) is 44.1 Å². The van der Waals surface area contributed by atoms with Gasteiger partial charge in [-0.2, -0.15) is 0 Å². The van der Waals surface area contributed by atoms with Gasteiger partial charge in [-0.3, -0.25) is 9.59 Å². The molecule has 9 aliphatic rings. The zero-order chi connectivity index (χ0) is 38.6. The summed E-state index contributed by atoms with van der Waals surface area (Å²) in [6.45, 7) is 5.59. The molecule has 0 unspecified atom stereocenters. The number of hydrogen-bond acceptors (Lipinski definition) is 14. The third-order valence-corrected chi connectivity index (χ3v) is 15.3. The fraction of sp³-hybridized carbons (Fsp3) is 0.650. The molecule has 9 rings (SSSR count). The number of carbonyl (C=O) groups is 6. The van der Waals surface area contributed by atoms with Crippen LogP contribution in [0.3, 0.4) is 0 Å². The number of fused-ring (bicyclic) bond motifs is 7. The molecule has 3 N–H and O–H groups in total. The lowest BCUT2D eigenvalue weighted by atomic mass is 9.42. The topological polar surface area (TPSA) is 209 Å². The van der Waals surface area contributed by atoms with E-state index < -0.39 is 101 Å². The summed E-state index contributed by atoms with van der Waals surface area (Å²) in [6, 6.07) is 0. The van der Waals surface area contributed by atoms with E-state index in [1.807, 2.05) is 6.92 Å². The van der Waals surface area contributed by atoms with Gasteiger partial charge >= 0.3 is 29.8 Å². The SMILES string of the molecule is COC(=O)/C(C)=C1\C(=O)[C@H](O)[C@]2(C)C3=C(C[C@@H]4[C@]5(OC(=O)C6=C5C[C@H]5[C@](O)(COC(=O)/C(C)=C\COC(=O)[C@@H](O)CC(=O)OC6)[C@H]6C[C@H]6[C@]45C)[C@H]31)[C@H]1C[C@H]12. The summed E-state index contributed by atoms with van der Waals surface area (Å²) in [5, 5.41) is 35.0. The van der Waals surface area contributed by atoms with Crippen molar-refractivity contribution in [2.45, 2.75) is 83.2 Å². The molecule has 7 aliphatic carbocycles. The van der Waals surface area contributed by atoms with Crippen LogP contribution in [0.2, 0.25) is 0 Å². The van der Waals surface area contributed by atoms with Crippen LogP contribution in [0.5, 0.6) is 0 Å². The fourth-order valence-electron chi connectivity index (χ4n) is 12.7. The van der Waals surface area contributed by atoms with Gasteiger partial charge in [0, 0.05) is 34.0 Å². The molecule has 2 bridgehead atoms. The Balaban J connectivity index is 1.26. The van der Waals surface area contributed by atoms with Crippen LogP contribution in [-0.2, 0) is 52.5 Å². The lowest BCUT2D eigenvalue weighted by molar-refractivity contribution is -0.191. The van der Waals surface area contributed by atoms with Crippen LogP contribution < -0.4 is 0 Å². The van der Waals surface area contributed by atoms with Crippen molar-refractivity contribution in [3.63, 3.8) is 0 Å². The summed E-state index contributed by atoms with van der Waals surface area (Å²) in [7, 11) is 1.20. The fourth-order valence-corrected chi connectivity index (χ4v) is 12.7. The lowest BCUT2D eigenvalue weighted by Crippen LogP contribution is -2.67. The Morgan fingerprint density at radius 3 is 2.39 bits per heavy atom. The number of Topliss-reactive ketones (excluding diaryl/α,β-unsaturated/α-hetero) is 1. The van der Waals surface area contributed by atoms with Gasteiger partial charge in [0.15, 0.2) is 11.9 Å². The molecule has 54 heavy (non-hydrogen) atoms. The standard InChI is InChI=1S/C40H44O14/c1-15-6-7-51-36(48)24(41)12-27(42)52-13-19-21-11-25-37(3,22-10-23(22)39(25,49)14-53-33(15)45)26-9-18-17-8-20(17)38(4)29(18)30(40(21,26)54-35(19)47)28(31(43)32(38)44)16(2)34(46)50-5/h6,17,20,22-26,30,32,41,44,49H,7-14H2,1-5H3/b15-6-,28-16-/t17-,20-,22-,23+,24+,25-,26+,30+,32+,37+,38+,39+,40+/m1/s1. The number of carbonyl (C=O) groups excluding carboxylic acids is 6. The molecular weight excluding hydrogens is 704 g/mol. The van der Waals surface area contributed by atoms with E-state index in [0.717, 1.165) is 17.6 Å². The maximum absolute atomic E-state index is 14.6. The van der Waals surface area contributed by atoms with Gasteiger partial charge in [-0.1, -0.05) is 19.4 Å². The molecule has 1 spiro atoms. The minimum absolute atomic E-state index is 0.00479. The number of esters is 5. The highest BCUT2D eigenvalue weighted by Crippen LogP contribution is 2.83. The van der Waals surface area contributed by atoms with Crippen LogP contribution in [0.1, 0.15) is 59.8 Å². The molecule has 0 amide bonds. The van der Waals surface area contributed by atoms with Crippen molar-refractivity contribution in [2.75, 3.05) is 26.9 Å². The van der Waals surface area contributed by atoms with E-state index in [-0.39, 0.29) is 65.6 Å². The quantitative estimate of drug-likeness (QED) is 0.150. The first-order valence-corrected chi connectivity index (χ1v) is 18.7. The maximum Gasteiger partial charge on any atom is 0.338 e. The van der Waals surface area contributed by atoms with E-state index in [1.54, 1.807) is 0 Å². The van der Waals surface area contributed by atoms with Gasteiger partial charge in [0.25, 0.3) is 0 Å². The molecule has 288 valence electrons. The molecule has 0 aromatic carbocycles. The minimum Gasteiger partial charge on any atom is -0.466 e. The Labute approximate surface area is 310 Å². The number of aliphatic hydroxyl groups excluding tert-OH is 2. The van der Waals surface area contributed by atoms with Crippen molar-refractivity contribution < 1.29 is 67.8 Å². The number of cyclic esters (lactones) is 3. The number of allylic oxidation sites excluding steroid dienone is 1. The summed E-state index contributed by atoms with van der Waals surface area (Å²) in [5.41, 5.74) is -2.41. The van der Waals surface area contributed by atoms with Crippen LogP contribution in [0, 0.1) is 52.3 Å². The molecular formula is C40H44O14. The van der Waals surface area contributed by atoms with Crippen molar-refractivity contribution in [3.05, 3.63) is 45.1 Å². The number of ketones is 1. The van der Waals surface area contributed by atoms with Gasteiger partial charge in [-0.05, 0) is 85.8 Å². The van der Waals surface area contributed by atoms with Gasteiger partial charge in [0.2, 0.25) is 0 Å². The zero-order valence-electron chi connectivity index (χ0n) is 30.8. The molecule has 14 nitrogen and oxygen atoms in total. The second-order valence-corrected chi connectivity index (χ2v) is 17.3. The molecule has 5 saturated carbocycles. The Bertz CT molecular complexity index is 2000. The highest BCUT2D eigenvalue weighted by molar-refractivity contribution is 6.09. The summed E-state index contributed by atoms with van der Waals surface area (Å²) >= 11 is 0. The Morgan fingerprint density at radius 2 is 1.67 bits per heavy atom. The predicted molar refractivity (Wildman–Crippen MR) is 180 cm³/mol. The average molecular weight is 749 g/mol. The zero-order valence-corrected chi connectivity index (χ0v) is 30.8. The van der Waals surface area contributed by atoms with E-state index in [2.05, 4.69) is 6.92 Å². The molecule has 5 fully saturated rings. The van der Waals surface area contributed by atoms with Gasteiger partial charge in [-0.15, -0.1) is 0 Å². The molecule has 0 saturated heterocycles. The number of ether oxygens (including phenoxy) is 5. The van der Waals surface area contributed by atoms with E-state index in [0.29, 0.717) is 18.4 Å². The molecule has 0 aromatic heterocycles. The highest BCUT2D eigenvalue weighted by Gasteiger charge is 2.84. The molecule has 2 aliphatic heterocycles. The first-order chi connectivity index (χ1) is 25.5. The number of aliphatic hydroxyl groups is 3. The summed E-state index contributed by atoms with van der Waals surface area (Å²) in [4.78, 5) is 81.0. The van der Waals surface area contributed by atoms with Gasteiger partial charge in [0.05, 0.1) is 25.0 Å². The van der Waals surface area contributed by atoms with Gasteiger partial charge in [-0.25, -0.2) is 19.2 Å². The molecule has 0 radical (unpaired) electrons. The van der Waals surface area contributed by atoms with Crippen molar-refractivity contribution in [3.8, 4) is 0 Å². The second-order valence-electron chi connectivity index (χ2n) is 17.3. The monoisotopic (exact) mass is 748 g/mol. The third kappa shape index (κ3) is 4.22. The summed E-state index contributed by atoms with van der Waals surface area (Å²) < 4.78 is 28.1. The Morgan fingerprint density at radius 1 is 0.926 bits per heavy atom. The third-order valence-electron chi connectivity index (χ3n) is 15.3. The number of methoxy groups -OCH3 is 1. The summed E-state index contributed by atoms with van der Waals surface area (Å²) in [6.07, 6.45) is -0.902. The minimum atomic E-state index is -1.89. The van der Waals surface area contributed by atoms with E-state index in [4.69, 9.17) is 23.7 Å². The van der Waals surface area contributed by atoms with Crippen LogP contribution >= 0.6 is 0 Å². The van der Waals surface area contributed by atoms with Gasteiger partial charge in [0.1, 0.15) is 37.1 Å². The van der Waals surface area contributed by atoms with Crippen LogP contribution in [-0.4, -0.2) is 101 Å². The molecule has 2 heterocycles. The van der Waals surface area contributed by atoms with E-state index >= 15 is 0 Å². The molecule has 0 aromatic rings. The second kappa shape index (κ2) is 11.2. The predicted octanol–water partition coefficient (Wildman–Crippen LogP) is 1.35. The van der Waals surface area contributed by atoms with Crippen LogP contribution in [0.15, 0.2) is 45.1 Å². The largest absolute Gasteiger partial charge is 0.466 e. The highest BCUT2D eigenvalue weighted by atomic mass is 16.6. The molecule has 13 atom stereocenters. The van der Waals surface area contributed by atoms with Crippen molar-refractivity contribution in [1.82, 2.24) is 0 Å². The van der Waals surface area contributed by atoms with Gasteiger partial charge < -0.3 is 39.0 Å². The van der Waals surface area contributed by atoms with Crippen molar-refractivity contribution in [2.24, 2.45) is 52.3 Å². The van der Waals surface area contributed by atoms with Crippen molar-refractivity contribution in [1.29, 1.82) is 0 Å². The first kappa shape index (κ1) is 35.6. The average Bonchev–Trinajstić information content (AvgIpc) is 4.05. The van der Waals surface area contributed by atoms with Crippen LogP contribution in [0.25, 0.3) is 0 Å². The Hall–Kier alpha value is -4.14. The van der Waals surface area contributed by atoms with E-state index in [1.165, 1.54) is 27.0 Å². The summed E-state index contributed by atoms with van der Waals surface area (Å²) in [5.74, 6) is -7.40. The normalized spacial score (nSPS) is 48.0. The number of hydrogen-bond donors (Lipinski definition) is 3. The molecule has 14 heteroatoms. The first-order valence-electron chi connectivity index (χ1n) is 18.7. The van der Waals surface area contributed by atoms with Crippen molar-refractivity contribution >= 4 is 35.6 Å². The number of rotatable bonds is 1. The Kier molecular flexibility index (Phi) is 7.39. The maximum atomic E-state index is 14.6. The smallest absolute Gasteiger partial charge is 0.338 e.